The van der Waals surface area contributed by atoms with Crippen molar-refractivity contribution in [2.75, 3.05) is 13.6 Å². The predicted molar refractivity (Wildman–Crippen MR) is 83.3 cm³/mol. The van der Waals surface area contributed by atoms with E-state index in [0.717, 1.165) is 10.4 Å². The molecule has 2 aromatic rings. The number of benzene rings is 2. The molecule has 0 radical (unpaired) electrons. The highest BCUT2D eigenvalue weighted by Gasteiger charge is 2.23. The minimum absolute atomic E-state index is 0.00274. The van der Waals surface area contributed by atoms with Crippen LogP contribution in [-0.4, -0.2) is 32.3 Å². The molecule has 0 saturated heterocycles. The molecule has 5 nitrogen and oxygen atoms in total. The Bertz CT molecular complexity index is 808. The van der Waals surface area contributed by atoms with E-state index in [1.54, 1.807) is 0 Å². The Kier molecular flexibility index (Phi) is 5.35. The molecule has 0 saturated carbocycles. The van der Waals surface area contributed by atoms with Gasteiger partial charge in [-0.15, -0.1) is 0 Å². The van der Waals surface area contributed by atoms with E-state index >= 15 is 0 Å². The fourth-order valence-corrected chi connectivity index (χ4v) is 2.99. The van der Waals surface area contributed by atoms with E-state index in [1.807, 2.05) is 0 Å². The van der Waals surface area contributed by atoms with Crippen LogP contribution in [0.2, 0.25) is 5.02 Å². The van der Waals surface area contributed by atoms with Gasteiger partial charge in [-0.3, -0.25) is 4.79 Å². The third kappa shape index (κ3) is 4.51. The molecule has 0 bridgehead atoms. The van der Waals surface area contributed by atoms with E-state index in [4.69, 9.17) is 16.3 Å². The van der Waals surface area contributed by atoms with Crippen LogP contribution in [0.15, 0.2) is 53.4 Å². The number of halogens is 2. The fraction of sp³-hybridized carbons (Fsp3) is 0.133. The molecule has 0 unspecified atom stereocenters. The van der Waals surface area contributed by atoms with Crippen molar-refractivity contribution < 1.29 is 22.3 Å². The SMILES string of the molecule is CN(CC(=O)Oc1cccc(F)c1)S(=O)(=O)c1ccc(Cl)cc1. The summed E-state index contributed by atoms with van der Waals surface area (Å²) < 4.78 is 43.4. The van der Waals surface area contributed by atoms with Gasteiger partial charge in [0.15, 0.2) is 0 Å². The number of ether oxygens (including phenoxy) is 1. The molecule has 0 aliphatic heterocycles. The van der Waals surface area contributed by atoms with Crippen molar-refractivity contribution in [2.24, 2.45) is 0 Å². The van der Waals surface area contributed by atoms with Gasteiger partial charge in [0.2, 0.25) is 10.0 Å². The van der Waals surface area contributed by atoms with Crippen LogP contribution in [0.5, 0.6) is 5.75 Å². The minimum Gasteiger partial charge on any atom is -0.425 e. The van der Waals surface area contributed by atoms with Crippen molar-refractivity contribution in [1.82, 2.24) is 4.31 Å². The smallest absolute Gasteiger partial charge is 0.326 e. The first-order valence-electron chi connectivity index (χ1n) is 6.47. The molecule has 122 valence electrons. The summed E-state index contributed by atoms with van der Waals surface area (Å²) in [5.41, 5.74) is 0. The Hall–Kier alpha value is -1.96. The van der Waals surface area contributed by atoms with E-state index in [1.165, 1.54) is 49.5 Å². The highest BCUT2D eigenvalue weighted by molar-refractivity contribution is 7.89. The van der Waals surface area contributed by atoms with Crippen LogP contribution in [0.25, 0.3) is 0 Å². The van der Waals surface area contributed by atoms with Crippen LogP contribution in [0.3, 0.4) is 0 Å². The zero-order valence-corrected chi connectivity index (χ0v) is 13.6. The van der Waals surface area contributed by atoms with E-state index in [9.17, 15) is 17.6 Å². The zero-order chi connectivity index (χ0) is 17.0. The van der Waals surface area contributed by atoms with Gasteiger partial charge in [-0.25, -0.2) is 12.8 Å². The lowest BCUT2D eigenvalue weighted by atomic mass is 10.3. The average Bonchev–Trinajstić information content (AvgIpc) is 2.47. The van der Waals surface area contributed by atoms with Crippen LogP contribution in [-0.2, 0) is 14.8 Å². The quantitative estimate of drug-likeness (QED) is 0.609. The maximum absolute atomic E-state index is 13.0. The molecule has 2 rings (SSSR count). The van der Waals surface area contributed by atoms with E-state index in [2.05, 4.69) is 0 Å². The first-order valence-corrected chi connectivity index (χ1v) is 8.29. The highest BCUT2D eigenvalue weighted by atomic mass is 35.5. The van der Waals surface area contributed by atoms with E-state index < -0.39 is 28.4 Å². The lowest BCUT2D eigenvalue weighted by Crippen LogP contribution is -2.34. The summed E-state index contributed by atoms with van der Waals surface area (Å²) in [6, 6.07) is 10.6. The molecule has 8 heteroatoms. The van der Waals surface area contributed by atoms with Gasteiger partial charge in [0.1, 0.15) is 18.1 Å². The minimum atomic E-state index is -3.85. The molecule has 0 fully saturated rings. The standard InChI is InChI=1S/C15H13ClFNO4S/c1-18(23(20,21)14-7-5-11(16)6-8-14)10-15(19)22-13-4-2-3-12(17)9-13/h2-9H,10H2,1H3. The van der Waals surface area contributed by atoms with Crippen LogP contribution in [0.4, 0.5) is 4.39 Å². The summed E-state index contributed by atoms with van der Waals surface area (Å²) >= 11 is 5.72. The molecule has 2 aromatic carbocycles. The molecule has 23 heavy (non-hydrogen) atoms. The van der Waals surface area contributed by atoms with Gasteiger partial charge >= 0.3 is 5.97 Å². The van der Waals surface area contributed by atoms with Crippen molar-refractivity contribution >= 4 is 27.6 Å². The summed E-state index contributed by atoms with van der Waals surface area (Å²) in [7, 11) is -2.60. The maximum atomic E-state index is 13.0. The molecule has 0 aliphatic rings. The Morgan fingerprint density at radius 1 is 1.22 bits per heavy atom. The Labute approximate surface area is 138 Å². The maximum Gasteiger partial charge on any atom is 0.326 e. The molecule has 0 heterocycles. The molecular weight excluding hydrogens is 345 g/mol. The van der Waals surface area contributed by atoms with Gasteiger partial charge in [0.25, 0.3) is 0 Å². The highest BCUT2D eigenvalue weighted by Crippen LogP contribution is 2.18. The summed E-state index contributed by atoms with van der Waals surface area (Å²) in [6.07, 6.45) is 0. The molecule has 0 amide bonds. The molecule has 0 atom stereocenters. The normalized spacial score (nSPS) is 11.5. The molecule has 0 N–H and O–H groups in total. The second kappa shape index (κ2) is 7.08. The monoisotopic (exact) mass is 357 g/mol. The number of hydrogen-bond acceptors (Lipinski definition) is 4. The predicted octanol–water partition coefficient (Wildman–Crippen LogP) is 2.71. The van der Waals surface area contributed by atoms with Gasteiger partial charge in [0.05, 0.1) is 4.90 Å². The van der Waals surface area contributed by atoms with Gasteiger partial charge in [-0.2, -0.15) is 4.31 Å². The number of carbonyl (C=O) groups excluding carboxylic acids is 1. The van der Waals surface area contributed by atoms with Crippen molar-refractivity contribution in [3.05, 3.63) is 59.4 Å². The van der Waals surface area contributed by atoms with Crippen molar-refractivity contribution in [1.29, 1.82) is 0 Å². The number of rotatable bonds is 5. The van der Waals surface area contributed by atoms with Crippen molar-refractivity contribution in [3.8, 4) is 5.75 Å². The van der Waals surface area contributed by atoms with Gasteiger partial charge in [0, 0.05) is 18.1 Å². The lowest BCUT2D eigenvalue weighted by molar-refractivity contribution is -0.134. The Morgan fingerprint density at radius 3 is 2.48 bits per heavy atom. The number of carbonyl (C=O) groups is 1. The second-order valence-electron chi connectivity index (χ2n) is 4.65. The Balaban J connectivity index is 2.06. The second-order valence-corrected chi connectivity index (χ2v) is 7.13. The average molecular weight is 358 g/mol. The van der Waals surface area contributed by atoms with Crippen LogP contribution in [0, 0.1) is 5.82 Å². The zero-order valence-electron chi connectivity index (χ0n) is 12.1. The third-order valence-corrected chi connectivity index (χ3v) is 4.97. The molecule has 0 spiro atoms. The topological polar surface area (TPSA) is 63.7 Å². The summed E-state index contributed by atoms with van der Waals surface area (Å²) in [5.74, 6) is -1.37. The van der Waals surface area contributed by atoms with Crippen LogP contribution in [0.1, 0.15) is 0 Å². The summed E-state index contributed by atoms with van der Waals surface area (Å²) in [6.45, 7) is -0.512. The largest absolute Gasteiger partial charge is 0.425 e. The fourth-order valence-electron chi connectivity index (χ4n) is 1.75. The Morgan fingerprint density at radius 2 is 1.87 bits per heavy atom. The number of nitrogens with zero attached hydrogens (tertiary/aromatic N) is 1. The molecule has 0 aliphatic carbocycles. The molecule has 0 aromatic heterocycles. The summed E-state index contributed by atoms with van der Waals surface area (Å²) in [4.78, 5) is 11.8. The third-order valence-electron chi connectivity index (χ3n) is 2.90. The van der Waals surface area contributed by atoms with E-state index in [-0.39, 0.29) is 10.6 Å². The van der Waals surface area contributed by atoms with Gasteiger partial charge in [-0.1, -0.05) is 17.7 Å². The first-order chi connectivity index (χ1) is 10.8. The number of likely N-dealkylation sites (N-methyl/N-ethyl adjacent to an activating group) is 1. The number of hydrogen-bond donors (Lipinski definition) is 0. The van der Waals surface area contributed by atoms with Crippen LogP contribution < -0.4 is 4.74 Å². The number of esters is 1. The first kappa shape index (κ1) is 17.4. The lowest BCUT2D eigenvalue weighted by Gasteiger charge is -2.16. The van der Waals surface area contributed by atoms with Crippen molar-refractivity contribution in [3.63, 3.8) is 0 Å². The van der Waals surface area contributed by atoms with Crippen molar-refractivity contribution in [2.45, 2.75) is 4.90 Å². The van der Waals surface area contributed by atoms with E-state index in [0.29, 0.717) is 5.02 Å². The summed E-state index contributed by atoms with van der Waals surface area (Å²) in [5, 5.41) is 0.400. The van der Waals surface area contributed by atoms with Gasteiger partial charge < -0.3 is 4.74 Å². The molecular formula is C15H13ClFNO4S. The number of sulfonamides is 1. The van der Waals surface area contributed by atoms with Crippen LogP contribution >= 0.6 is 11.6 Å². The van der Waals surface area contributed by atoms with Gasteiger partial charge in [-0.05, 0) is 36.4 Å².